The van der Waals surface area contributed by atoms with Crippen molar-refractivity contribution in [3.63, 3.8) is 0 Å². The molecular weight excluding hydrogens is 271 g/mol. The van der Waals surface area contributed by atoms with Crippen molar-refractivity contribution in [3.05, 3.63) is 29.0 Å². The molecule has 0 unspecified atom stereocenters. The zero-order chi connectivity index (χ0) is 8.55. The highest BCUT2D eigenvalue weighted by molar-refractivity contribution is 14.1. The topological polar surface area (TPSA) is 53.0 Å². The highest BCUT2D eigenvalue weighted by Crippen LogP contribution is 2.12. The van der Waals surface area contributed by atoms with E-state index in [9.17, 15) is 5.21 Å². The Labute approximate surface area is 81.8 Å². The Bertz CT molecular complexity index is 413. The summed E-state index contributed by atoms with van der Waals surface area (Å²) in [6.45, 7) is 0. The lowest BCUT2D eigenvalue weighted by Crippen LogP contribution is -2.22. The number of hydrogen-bond donors (Lipinski definition) is 0. The molecule has 62 valence electrons. The van der Waals surface area contributed by atoms with E-state index >= 15 is 0 Å². The molecular formula is C7H5IN2O2. The van der Waals surface area contributed by atoms with Gasteiger partial charge in [-0.15, -0.1) is 0 Å². The van der Waals surface area contributed by atoms with Gasteiger partial charge in [-0.3, -0.25) is 4.63 Å². The second kappa shape index (κ2) is 2.89. The normalized spacial score (nSPS) is 10.8. The Morgan fingerprint density at radius 1 is 1.58 bits per heavy atom. The number of hydrogen-bond acceptors (Lipinski definition) is 3. The van der Waals surface area contributed by atoms with Crippen LogP contribution in [0.25, 0.3) is 11.0 Å². The van der Waals surface area contributed by atoms with Crippen LogP contribution in [-0.2, 0) is 4.43 Å². The van der Waals surface area contributed by atoms with E-state index in [2.05, 4.69) is 32.4 Å². The lowest BCUT2D eigenvalue weighted by Gasteiger charge is -1.91. The van der Waals surface area contributed by atoms with Gasteiger partial charge in [0.1, 0.15) is 0 Å². The van der Waals surface area contributed by atoms with Gasteiger partial charge >= 0.3 is 0 Å². The Hall–Kier alpha value is -0.850. The minimum Gasteiger partial charge on any atom is -0.359 e. The molecule has 0 bridgehead atoms. The summed E-state index contributed by atoms with van der Waals surface area (Å²) in [6.07, 6.45) is 0. The van der Waals surface area contributed by atoms with Crippen molar-refractivity contribution in [3.8, 4) is 0 Å². The maximum Gasteiger partial charge on any atom is 0.248 e. The molecule has 4 nitrogen and oxygen atoms in total. The van der Waals surface area contributed by atoms with Gasteiger partial charge in [-0.2, -0.15) is 0 Å². The lowest BCUT2D eigenvalue weighted by atomic mass is 10.2. The van der Waals surface area contributed by atoms with Gasteiger partial charge < -0.3 is 5.21 Å². The minimum absolute atomic E-state index is 0.422. The SMILES string of the molecule is [O-][n+]1onc2ccc(CI)cc21. The molecule has 0 amide bonds. The number of fused-ring (bicyclic) bond motifs is 1. The summed E-state index contributed by atoms with van der Waals surface area (Å²) in [5.74, 6) is 0. The zero-order valence-corrected chi connectivity index (χ0v) is 8.19. The summed E-state index contributed by atoms with van der Waals surface area (Å²) in [5.41, 5.74) is 2.18. The molecule has 0 atom stereocenters. The highest BCUT2D eigenvalue weighted by Gasteiger charge is 2.08. The first-order valence-corrected chi connectivity index (χ1v) is 4.88. The van der Waals surface area contributed by atoms with Gasteiger partial charge in [0.25, 0.3) is 0 Å². The van der Waals surface area contributed by atoms with E-state index < -0.39 is 0 Å². The van der Waals surface area contributed by atoms with Crippen LogP contribution >= 0.6 is 22.6 Å². The summed E-state index contributed by atoms with van der Waals surface area (Å²) in [6, 6.07) is 5.49. The Balaban J connectivity index is 2.71. The summed E-state index contributed by atoms with van der Waals surface area (Å²) >= 11 is 2.23. The van der Waals surface area contributed by atoms with Crippen molar-refractivity contribution < 1.29 is 9.53 Å². The summed E-state index contributed by atoms with van der Waals surface area (Å²) in [5, 5.41) is 14.5. The minimum atomic E-state index is 0.422. The second-order valence-electron chi connectivity index (χ2n) is 2.39. The molecule has 0 aliphatic rings. The third-order valence-corrected chi connectivity index (χ3v) is 2.48. The van der Waals surface area contributed by atoms with Crippen LogP contribution in [0.3, 0.4) is 0 Å². The number of benzene rings is 1. The smallest absolute Gasteiger partial charge is 0.248 e. The Morgan fingerprint density at radius 2 is 2.42 bits per heavy atom. The quantitative estimate of drug-likeness (QED) is 0.449. The largest absolute Gasteiger partial charge is 0.359 e. The van der Waals surface area contributed by atoms with Gasteiger partial charge in [0.15, 0.2) is 0 Å². The van der Waals surface area contributed by atoms with Crippen molar-refractivity contribution >= 4 is 33.6 Å². The molecule has 2 rings (SSSR count). The van der Waals surface area contributed by atoms with Crippen LogP contribution in [0.4, 0.5) is 0 Å². The van der Waals surface area contributed by atoms with E-state index in [-0.39, 0.29) is 0 Å². The van der Waals surface area contributed by atoms with Gasteiger partial charge in [-0.1, -0.05) is 28.7 Å². The van der Waals surface area contributed by atoms with Crippen LogP contribution < -0.4 is 4.90 Å². The maximum atomic E-state index is 10.9. The van der Waals surface area contributed by atoms with E-state index in [4.69, 9.17) is 0 Å². The molecule has 0 N–H and O–H groups in total. The van der Waals surface area contributed by atoms with Gasteiger partial charge in [-0.25, -0.2) is 0 Å². The molecule has 0 saturated heterocycles. The van der Waals surface area contributed by atoms with Crippen molar-refractivity contribution in [2.75, 3.05) is 0 Å². The first kappa shape index (κ1) is 7.78. The molecule has 0 aliphatic heterocycles. The fraction of sp³-hybridized carbons (Fsp3) is 0.143. The van der Waals surface area contributed by atoms with Crippen LogP contribution in [0, 0.1) is 5.21 Å². The van der Waals surface area contributed by atoms with Crippen molar-refractivity contribution in [2.45, 2.75) is 4.43 Å². The van der Waals surface area contributed by atoms with Gasteiger partial charge in [0.05, 0.1) is 0 Å². The van der Waals surface area contributed by atoms with E-state index in [0.717, 1.165) is 9.99 Å². The number of halogens is 1. The molecule has 2 aromatic rings. The summed E-state index contributed by atoms with van der Waals surface area (Å²) in [7, 11) is 0. The van der Waals surface area contributed by atoms with E-state index in [1.165, 1.54) is 0 Å². The van der Waals surface area contributed by atoms with Crippen molar-refractivity contribution in [1.82, 2.24) is 5.16 Å². The van der Waals surface area contributed by atoms with Crippen LogP contribution in [0.15, 0.2) is 22.8 Å². The van der Waals surface area contributed by atoms with Gasteiger partial charge in [-0.05, 0) is 22.6 Å². The first-order valence-electron chi connectivity index (χ1n) is 3.35. The summed E-state index contributed by atoms with van der Waals surface area (Å²) in [4.78, 5) is 0.422. The Kier molecular flexibility index (Phi) is 1.87. The van der Waals surface area contributed by atoms with Gasteiger partial charge in [0.2, 0.25) is 11.0 Å². The number of nitrogens with zero attached hydrogens (tertiary/aromatic N) is 2. The molecule has 12 heavy (non-hydrogen) atoms. The maximum absolute atomic E-state index is 10.9. The third kappa shape index (κ3) is 1.13. The molecule has 5 heteroatoms. The number of rotatable bonds is 1. The lowest BCUT2D eigenvalue weighted by molar-refractivity contribution is -0.782. The standard InChI is InChI=1S/C7H5IN2O2/c8-4-5-1-2-6-7(3-5)10(11)12-9-6/h1-3H,4H2. The molecule has 0 aliphatic carbocycles. The second-order valence-corrected chi connectivity index (χ2v) is 3.15. The third-order valence-electron chi connectivity index (χ3n) is 1.60. The molecule has 0 fully saturated rings. The molecule has 0 radical (unpaired) electrons. The number of alkyl halides is 1. The van der Waals surface area contributed by atoms with Crippen molar-refractivity contribution in [2.24, 2.45) is 0 Å². The van der Waals surface area contributed by atoms with Crippen LogP contribution in [0.1, 0.15) is 5.56 Å². The average molecular weight is 276 g/mol. The van der Waals surface area contributed by atoms with Crippen molar-refractivity contribution in [1.29, 1.82) is 0 Å². The van der Waals surface area contributed by atoms with Gasteiger partial charge in [0, 0.05) is 9.58 Å². The van der Waals surface area contributed by atoms with Crippen LogP contribution in [-0.4, -0.2) is 5.16 Å². The highest BCUT2D eigenvalue weighted by atomic mass is 127. The number of aromatic nitrogens is 2. The van der Waals surface area contributed by atoms with Crippen LogP contribution in [0.2, 0.25) is 0 Å². The van der Waals surface area contributed by atoms with E-state index in [1.807, 2.05) is 6.07 Å². The molecule has 1 aromatic heterocycles. The average Bonchev–Trinajstić information content (AvgIpc) is 2.47. The zero-order valence-electron chi connectivity index (χ0n) is 6.03. The predicted octanol–water partition coefficient (Wildman–Crippen LogP) is 1.40. The molecule has 1 aromatic carbocycles. The predicted molar refractivity (Wildman–Crippen MR) is 50.7 cm³/mol. The van der Waals surface area contributed by atoms with E-state index in [0.29, 0.717) is 15.9 Å². The fourth-order valence-electron chi connectivity index (χ4n) is 1.00. The van der Waals surface area contributed by atoms with E-state index in [1.54, 1.807) is 12.1 Å². The fourth-order valence-corrected chi connectivity index (χ4v) is 1.48. The Morgan fingerprint density at radius 3 is 3.17 bits per heavy atom. The van der Waals surface area contributed by atoms with Crippen LogP contribution in [0.5, 0.6) is 0 Å². The molecule has 0 spiro atoms. The molecule has 1 heterocycles. The monoisotopic (exact) mass is 276 g/mol. The molecule has 0 saturated carbocycles. The first-order chi connectivity index (χ1) is 5.81. The summed E-state index contributed by atoms with van der Waals surface area (Å²) < 4.78 is 5.30.